The number of rotatable bonds is 4. The summed E-state index contributed by atoms with van der Waals surface area (Å²) in [5.41, 5.74) is 7.19. The third-order valence-corrected chi connectivity index (χ3v) is 3.63. The molecule has 1 heterocycles. The molecule has 0 aliphatic heterocycles. The van der Waals surface area contributed by atoms with E-state index in [-0.39, 0.29) is 10.9 Å². The molecule has 0 saturated carbocycles. The molecule has 0 aliphatic rings. The lowest BCUT2D eigenvalue weighted by atomic mass is 10.1. The zero-order chi connectivity index (χ0) is 15.4. The number of nitrogens with one attached hydrogen (secondary N) is 1. The van der Waals surface area contributed by atoms with Gasteiger partial charge in [-0.25, -0.2) is 4.39 Å². The molecule has 0 unspecified atom stereocenters. The quantitative estimate of drug-likeness (QED) is 0.332. The Morgan fingerprint density at radius 3 is 2.95 bits per heavy atom. The summed E-state index contributed by atoms with van der Waals surface area (Å²) in [7, 11) is 0. The van der Waals surface area contributed by atoms with Crippen molar-refractivity contribution in [3.63, 3.8) is 0 Å². The van der Waals surface area contributed by atoms with E-state index >= 15 is 0 Å². The van der Waals surface area contributed by atoms with Gasteiger partial charge in [-0.1, -0.05) is 22.8 Å². The zero-order valence-electron chi connectivity index (χ0n) is 10.6. The Kier molecular flexibility index (Phi) is 4.98. The van der Waals surface area contributed by atoms with Gasteiger partial charge in [-0.15, -0.1) is 0 Å². The SMILES string of the molecule is N/C(=N/O)c1ncccc1CNc1c(Cl)cc(F)cc1Br. The fraction of sp³-hybridized carbons (Fsp3) is 0.0769. The minimum atomic E-state index is -0.434. The molecule has 0 atom stereocenters. The van der Waals surface area contributed by atoms with Gasteiger partial charge in [0.15, 0.2) is 5.84 Å². The number of aromatic nitrogens is 1. The molecule has 5 nitrogen and oxygen atoms in total. The van der Waals surface area contributed by atoms with Crippen LogP contribution in [-0.2, 0) is 6.54 Å². The van der Waals surface area contributed by atoms with Gasteiger partial charge < -0.3 is 16.3 Å². The number of anilines is 1. The van der Waals surface area contributed by atoms with Crippen LogP contribution in [0, 0.1) is 5.82 Å². The molecule has 0 amide bonds. The van der Waals surface area contributed by atoms with Crippen LogP contribution in [0.2, 0.25) is 5.02 Å². The van der Waals surface area contributed by atoms with Crippen LogP contribution < -0.4 is 11.1 Å². The maximum atomic E-state index is 13.2. The summed E-state index contributed by atoms with van der Waals surface area (Å²) in [5, 5.41) is 15.0. The van der Waals surface area contributed by atoms with E-state index in [0.29, 0.717) is 28.0 Å². The number of hydrogen-bond acceptors (Lipinski definition) is 4. The predicted octanol–water partition coefficient (Wildman–Crippen LogP) is 3.34. The number of halogens is 3. The Bertz CT molecular complexity index is 673. The van der Waals surface area contributed by atoms with Crippen molar-refractivity contribution in [3.05, 3.63) is 57.0 Å². The van der Waals surface area contributed by atoms with Crippen molar-refractivity contribution < 1.29 is 9.60 Å². The molecule has 0 bridgehead atoms. The average Bonchev–Trinajstić information content (AvgIpc) is 2.45. The molecule has 2 aromatic rings. The van der Waals surface area contributed by atoms with E-state index in [1.165, 1.54) is 18.3 Å². The van der Waals surface area contributed by atoms with Crippen LogP contribution in [0.25, 0.3) is 0 Å². The topological polar surface area (TPSA) is 83.5 Å². The second-order valence-corrected chi connectivity index (χ2v) is 5.36. The van der Waals surface area contributed by atoms with Crippen LogP contribution >= 0.6 is 27.5 Å². The van der Waals surface area contributed by atoms with Gasteiger partial charge in [-0.2, -0.15) is 0 Å². The molecular weight excluding hydrogens is 363 g/mol. The van der Waals surface area contributed by atoms with Crippen molar-refractivity contribution in [1.29, 1.82) is 0 Å². The van der Waals surface area contributed by atoms with Gasteiger partial charge in [0.05, 0.1) is 10.7 Å². The fourth-order valence-electron chi connectivity index (χ4n) is 1.75. The van der Waals surface area contributed by atoms with Crippen molar-refractivity contribution in [1.82, 2.24) is 4.98 Å². The summed E-state index contributed by atoms with van der Waals surface area (Å²) >= 11 is 9.24. The van der Waals surface area contributed by atoms with E-state index in [0.717, 1.165) is 0 Å². The Balaban J connectivity index is 2.26. The number of benzene rings is 1. The van der Waals surface area contributed by atoms with Crippen LogP contribution in [0.1, 0.15) is 11.3 Å². The van der Waals surface area contributed by atoms with Gasteiger partial charge in [-0.3, -0.25) is 4.98 Å². The minimum Gasteiger partial charge on any atom is -0.409 e. The number of nitrogens with two attached hydrogens (primary N) is 1. The number of pyridine rings is 1. The maximum absolute atomic E-state index is 13.2. The molecule has 0 aliphatic carbocycles. The Labute approximate surface area is 133 Å². The average molecular weight is 374 g/mol. The molecule has 1 aromatic heterocycles. The van der Waals surface area contributed by atoms with Crippen molar-refractivity contribution in [2.75, 3.05) is 5.32 Å². The van der Waals surface area contributed by atoms with Gasteiger partial charge >= 0.3 is 0 Å². The molecule has 0 spiro atoms. The van der Waals surface area contributed by atoms with Gasteiger partial charge in [0.2, 0.25) is 0 Å². The first-order valence-corrected chi connectivity index (χ1v) is 7.00. The molecule has 0 saturated heterocycles. The molecule has 21 heavy (non-hydrogen) atoms. The second-order valence-electron chi connectivity index (χ2n) is 4.09. The van der Waals surface area contributed by atoms with Gasteiger partial charge in [0, 0.05) is 22.8 Å². The Hall–Kier alpha value is -1.86. The summed E-state index contributed by atoms with van der Waals surface area (Å²) in [6.07, 6.45) is 1.54. The normalized spacial score (nSPS) is 11.5. The lowest BCUT2D eigenvalue weighted by Crippen LogP contribution is -2.18. The van der Waals surface area contributed by atoms with Crippen LogP contribution in [0.15, 0.2) is 40.1 Å². The molecule has 0 fully saturated rings. The highest BCUT2D eigenvalue weighted by molar-refractivity contribution is 9.10. The van der Waals surface area contributed by atoms with Crippen molar-refractivity contribution >= 4 is 39.1 Å². The largest absolute Gasteiger partial charge is 0.409 e. The van der Waals surface area contributed by atoms with Crippen LogP contribution in [0.3, 0.4) is 0 Å². The highest BCUT2D eigenvalue weighted by Crippen LogP contribution is 2.32. The summed E-state index contributed by atoms with van der Waals surface area (Å²) in [5.74, 6) is -0.521. The molecule has 4 N–H and O–H groups in total. The summed E-state index contributed by atoms with van der Waals surface area (Å²) in [6.45, 7) is 0.323. The first-order chi connectivity index (χ1) is 10.0. The highest BCUT2D eigenvalue weighted by atomic mass is 79.9. The molecule has 110 valence electrons. The van der Waals surface area contributed by atoms with Gasteiger partial charge in [-0.05, 0) is 34.1 Å². The minimum absolute atomic E-state index is 0.0864. The van der Waals surface area contributed by atoms with E-state index < -0.39 is 5.82 Å². The predicted molar refractivity (Wildman–Crippen MR) is 83.2 cm³/mol. The maximum Gasteiger partial charge on any atom is 0.189 e. The van der Waals surface area contributed by atoms with E-state index in [1.54, 1.807) is 12.1 Å². The number of amidine groups is 1. The number of hydrogen-bond donors (Lipinski definition) is 3. The smallest absolute Gasteiger partial charge is 0.189 e. The summed E-state index contributed by atoms with van der Waals surface area (Å²) < 4.78 is 13.7. The lowest BCUT2D eigenvalue weighted by Gasteiger charge is -2.12. The molecule has 8 heteroatoms. The molecule has 2 rings (SSSR count). The Morgan fingerprint density at radius 2 is 2.29 bits per heavy atom. The van der Waals surface area contributed by atoms with E-state index in [9.17, 15) is 4.39 Å². The zero-order valence-corrected chi connectivity index (χ0v) is 13.0. The number of oxime groups is 1. The molecule has 1 aromatic carbocycles. The first-order valence-electron chi connectivity index (χ1n) is 5.83. The first kappa shape index (κ1) is 15.5. The fourth-order valence-corrected chi connectivity index (χ4v) is 2.71. The van der Waals surface area contributed by atoms with E-state index in [4.69, 9.17) is 22.5 Å². The summed E-state index contributed by atoms with van der Waals surface area (Å²) in [4.78, 5) is 4.06. The second kappa shape index (κ2) is 6.73. The van der Waals surface area contributed by atoms with Crippen molar-refractivity contribution in [2.45, 2.75) is 6.54 Å². The third-order valence-electron chi connectivity index (χ3n) is 2.70. The molecule has 0 radical (unpaired) electrons. The lowest BCUT2D eigenvalue weighted by molar-refractivity contribution is 0.318. The van der Waals surface area contributed by atoms with Gasteiger partial charge in [0.25, 0.3) is 0 Å². The van der Waals surface area contributed by atoms with E-state index in [2.05, 4.69) is 31.4 Å². The van der Waals surface area contributed by atoms with E-state index in [1.807, 2.05) is 0 Å². The summed E-state index contributed by atoms with van der Waals surface area (Å²) in [6, 6.07) is 6.02. The van der Waals surface area contributed by atoms with Crippen molar-refractivity contribution in [2.24, 2.45) is 10.9 Å². The monoisotopic (exact) mass is 372 g/mol. The van der Waals surface area contributed by atoms with Gasteiger partial charge in [0.1, 0.15) is 11.5 Å². The van der Waals surface area contributed by atoms with Crippen molar-refractivity contribution in [3.8, 4) is 0 Å². The van der Waals surface area contributed by atoms with Crippen LogP contribution in [0.4, 0.5) is 10.1 Å². The van der Waals surface area contributed by atoms with Crippen LogP contribution in [0.5, 0.6) is 0 Å². The molecular formula is C13H11BrClFN4O. The number of nitrogens with zero attached hydrogens (tertiary/aromatic N) is 2. The van der Waals surface area contributed by atoms with Crippen LogP contribution in [-0.4, -0.2) is 16.0 Å². The third kappa shape index (κ3) is 3.62. The Morgan fingerprint density at radius 1 is 1.52 bits per heavy atom. The highest BCUT2D eigenvalue weighted by Gasteiger charge is 2.11. The standard InChI is InChI=1S/C13H11BrClFN4O/c14-9-4-8(16)5-10(15)12(9)19-6-7-2-1-3-18-11(7)13(17)20-21/h1-5,19,21H,6H2,(H2,17,20).